The molecule has 8 nitrogen and oxygen atoms in total. The van der Waals surface area contributed by atoms with E-state index in [0.29, 0.717) is 25.6 Å². The van der Waals surface area contributed by atoms with Gasteiger partial charge in [0.1, 0.15) is 0 Å². The normalized spacial score (nSPS) is 15.7. The summed E-state index contributed by atoms with van der Waals surface area (Å²) in [6.07, 6.45) is 3.69. The predicted molar refractivity (Wildman–Crippen MR) is 92.7 cm³/mol. The number of alkyl carbamates (subject to hydrolysis) is 1. The molecule has 0 spiro atoms. The molecule has 1 amide bonds. The number of aromatic nitrogens is 2. The molecule has 1 saturated carbocycles. The van der Waals surface area contributed by atoms with Gasteiger partial charge in [-0.25, -0.2) is 9.79 Å². The lowest BCUT2D eigenvalue weighted by atomic mass is 10.2. The zero-order valence-electron chi connectivity index (χ0n) is 14.7. The second-order valence-corrected chi connectivity index (χ2v) is 5.83. The van der Waals surface area contributed by atoms with E-state index in [1.807, 2.05) is 24.7 Å². The van der Waals surface area contributed by atoms with Crippen LogP contribution in [-0.2, 0) is 18.3 Å². The lowest BCUT2D eigenvalue weighted by Crippen LogP contribution is -2.48. The zero-order chi connectivity index (χ0) is 17.4. The first-order valence-electron chi connectivity index (χ1n) is 8.56. The van der Waals surface area contributed by atoms with E-state index in [2.05, 4.69) is 26.0 Å². The molecular weight excluding hydrogens is 308 g/mol. The number of carbonyl (C=O) groups excluding carboxylic acids is 1. The molecule has 1 aliphatic rings. The Morgan fingerprint density at radius 1 is 1.46 bits per heavy atom. The number of hydrogen-bond acceptors (Lipinski definition) is 4. The number of rotatable bonds is 8. The van der Waals surface area contributed by atoms with Gasteiger partial charge in [0, 0.05) is 26.3 Å². The molecular formula is C16H28N6O2. The van der Waals surface area contributed by atoms with Crippen LogP contribution in [0, 0.1) is 5.92 Å². The summed E-state index contributed by atoms with van der Waals surface area (Å²) in [4.78, 5) is 16.2. The van der Waals surface area contributed by atoms with Crippen LogP contribution >= 0.6 is 0 Å². The quantitative estimate of drug-likeness (QED) is 0.486. The molecule has 1 aromatic rings. The van der Waals surface area contributed by atoms with Crippen LogP contribution in [0.2, 0.25) is 0 Å². The number of aliphatic imine (C=N–C) groups is 1. The minimum absolute atomic E-state index is 0.0598. The van der Waals surface area contributed by atoms with Gasteiger partial charge in [0.25, 0.3) is 0 Å². The molecule has 1 unspecified atom stereocenters. The average molecular weight is 336 g/mol. The van der Waals surface area contributed by atoms with Gasteiger partial charge in [0.2, 0.25) is 0 Å². The van der Waals surface area contributed by atoms with Crippen LogP contribution in [0.5, 0.6) is 0 Å². The van der Waals surface area contributed by atoms with Gasteiger partial charge in [-0.1, -0.05) is 0 Å². The third kappa shape index (κ3) is 5.75. The van der Waals surface area contributed by atoms with Crippen LogP contribution in [-0.4, -0.2) is 47.6 Å². The summed E-state index contributed by atoms with van der Waals surface area (Å²) < 4.78 is 6.79. The van der Waals surface area contributed by atoms with Crippen LogP contribution < -0.4 is 16.0 Å². The maximum atomic E-state index is 11.7. The van der Waals surface area contributed by atoms with Crippen molar-refractivity contribution in [1.82, 2.24) is 25.7 Å². The molecule has 8 heteroatoms. The van der Waals surface area contributed by atoms with Gasteiger partial charge in [-0.2, -0.15) is 5.10 Å². The Bertz CT molecular complexity index is 553. The first-order chi connectivity index (χ1) is 11.6. The van der Waals surface area contributed by atoms with Gasteiger partial charge in [-0.15, -0.1) is 0 Å². The van der Waals surface area contributed by atoms with Gasteiger partial charge in [-0.05, 0) is 38.7 Å². The second-order valence-electron chi connectivity index (χ2n) is 5.83. The van der Waals surface area contributed by atoms with Crippen molar-refractivity contribution in [2.45, 2.75) is 39.3 Å². The van der Waals surface area contributed by atoms with E-state index in [4.69, 9.17) is 4.74 Å². The van der Waals surface area contributed by atoms with Gasteiger partial charge in [-0.3, -0.25) is 4.68 Å². The topological polar surface area (TPSA) is 92.6 Å². The molecule has 24 heavy (non-hydrogen) atoms. The van der Waals surface area contributed by atoms with Crippen molar-refractivity contribution in [3.63, 3.8) is 0 Å². The van der Waals surface area contributed by atoms with Crippen LogP contribution in [0.3, 0.4) is 0 Å². The molecule has 0 radical (unpaired) electrons. The number of carbonyl (C=O) groups is 1. The molecule has 3 N–H and O–H groups in total. The fourth-order valence-electron chi connectivity index (χ4n) is 2.42. The van der Waals surface area contributed by atoms with Gasteiger partial charge >= 0.3 is 6.09 Å². The van der Waals surface area contributed by atoms with E-state index in [1.54, 1.807) is 13.1 Å². The standard InChI is InChI=1S/C16H28N6O2/c1-4-17-15(18-10-13-8-9-20-22(13)3)19-11-14(12-6-7-12)21-16(23)24-5-2/h8-9,12,14H,4-7,10-11H2,1-3H3,(H,21,23)(H2,17,18,19). The molecule has 1 atom stereocenters. The zero-order valence-corrected chi connectivity index (χ0v) is 14.7. The van der Waals surface area contributed by atoms with E-state index < -0.39 is 0 Å². The third-order valence-electron chi connectivity index (χ3n) is 3.92. The fourth-order valence-corrected chi connectivity index (χ4v) is 2.42. The number of hydrogen-bond donors (Lipinski definition) is 3. The van der Waals surface area contributed by atoms with Crippen molar-refractivity contribution < 1.29 is 9.53 Å². The molecule has 0 bridgehead atoms. The Labute approximate surface area is 143 Å². The number of aryl methyl sites for hydroxylation is 1. The lowest BCUT2D eigenvalue weighted by Gasteiger charge is -2.20. The summed E-state index contributed by atoms with van der Waals surface area (Å²) in [5.74, 6) is 1.25. The molecule has 1 aromatic heterocycles. The van der Waals surface area contributed by atoms with Crippen molar-refractivity contribution in [3.8, 4) is 0 Å². The second kappa shape index (κ2) is 9.14. The van der Waals surface area contributed by atoms with Gasteiger partial charge < -0.3 is 20.7 Å². The molecule has 1 fully saturated rings. The summed E-state index contributed by atoms with van der Waals surface area (Å²) >= 11 is 0. The van der Waals surface area contributed by atoms with E-state index in [9.17, 15) is 4.79 Å². The number of guanidine groups is 1. The monoisotopic (exact) mass is 336 g/mol. The Morgan fingerprint density at radius 2 is 2.25 bits per heavy atom. The first kappa shape index (κ1) is 18.1. The SMILES string of the molecule is CCNC(=NCc1ccnn1C)NCC(NC(=O)OCC)C1CC1. The third-order valence-corrected chi connectivity index (χ3v) is 3.92. The number of nitrogens with one attached hydrogen (secondary N) is 3. The maximum absolute atomic E-state index is 11.7. The molecule has 134 valence electrons. The Balaban J connectivity index is 1.88. The van der Waals surface area contributed by atoms with Crippen molar-refractivity contribution in [1.29, 1.82) is 0 Å². The number of nitrogens with zero attached hydrogens (tertiary/aromatic N) is 3. The van der Waals surface area contributed by atoms with Crippen molar-refractivity contribution in [2.24, 2.45) is 18.0 Å². The summed E-state index contributed by atoms with van der Waals surface area (Å²) in [5.41, 5.74) is 1.04. The van der Waals surface area contributed by atoms with E-state index in [0.717, 1.165) is 31.0 Å². The molecule has 1 heterocycles. The summed E-state index contributed by atoms with van der Waals surface area (Å²) in [6.45, 7) is 6.16. The highest BCUT2D eigenvalue weighted by Crippen LogP contribution is 2.32. The van der Waals surface area contributed by atoms with Crippen LogP contribution in [0.15, 0.2) is 17.3 Å². The fraction of sp³-hybridized carbons (Fsp3) is 0.688. The highest BCUT2D eigenvalue weighted by atomic mass is 16.5. The molecule has 0 saturated heterocycles. The molecule has 1 aliphatic carbocycles. The van der Waals surface area contributed by atoms with Crippen LogP contribution in [0.25, 0.3) is 0 Å². The van der Waals surface area contributed by atoms with E-state index in [1.165, 1.54) is 0 Å². The number of amides is 1. The molecule has 2 rings (SSSR count). The minimum atomic E-state index is -0.354. The summed E-state index contributed by atoms with van der Waals surface area (Å²) in [6, 6.07) is 2.01. The Hall–Kier alpha value is -2.25. The van der Waals surface area contributed by atoms with Crippen molar-refractivity contribution in [2.75, 3.05) is 19.7 Å². The van der Waals surface area contributed by atoms with Gasteiger partial charge in [0.05, 0.1) is 24.9 Å². The van der Waals surface area contributed by atoms with E-state index in [-0.39, 0.29) is 12.1 Å². The van der Waals surface area contributed by atoms with Crippen LogP contribution in [0.4, 0.5) is 4.79 Å². The van der Waals surface area contributed by atoms with Crippen LogP contribution in [0.1, 0.15) is 32.4 Å². The smallest absolute Gasteiger partial charge is 0.407 e. The van der Waals surface area contributed by atoms with Gasteiger partial charge in [0.15, 0.2) is 5.96 Å². The minimum Gasteiger partial charge on any atom is -0.450 e. The highest BCUT2D eigenvalue weighted by Gasteiger charge is 2.32. The molecule has 0 aromatic carbocycles. The largest absolute Gasteiger partial charge is 0.450 e. The summed E-state index contributed by atoms with van der Waals surface area (Å²) in [5, 5.41) is 13.6. The van der Waals surface area contributed by atoms with Crippen molar-refractivity contribution >= 4 is 12.1 Å². The highest BCUT2D eigenvalue weighted by molar-refractivity contribution is 5.79. The molecule has 0 aliphatic heterocycles. The Morgan fingerprint density at radius 3 is 2.83 bits per heavy atom. The predicted octanol–water partition coefficient (Wildman–Crippen LogP) is 1.000. The first-order valence-corrected chi connectivity index (χ1v) is 8.56. The van der Waals surface area contributed by atoms with E-state index >= 15 is 0 Å². The van der Waals surface area contributed by atoms with Crippen molar-refractivity contribution in [3.05, 3.63) is 18.0 Å². The summed E-state index contributed by atoms with van der Waals surface area (Å²) in [7, 11) is 1.90. The average Bonchev–Trinajstić information content (AvgIpc) is 3.32. The Kier molecular flexibility index (Phi) is 6.89. The lowest BCUT2D eigenvalue weighted by molar-refractivity contribution is 0.146. The maximum Gasteiger partial charge on any atom is 0.407 e. The number of ether oxygens (including phenoxy) is 1.